The normalized spacial score (nSPS) is 13.8. The minimum Gasteiger partial charge on any atom is -0.396 e. The Morgan fingerprint density at radius 3 is 1.94 bits per heavy atom. The number of aliphatic hydroxyl groups is 1. The van der Waals surface area contributed by atoms with Crippen LogP contribution in [0.15, 0.2) is 24.3 Å². The van der Waals surface area contributed by atoms with Gasteiger partial charge in [0.15, 0.2) is 0 Å². The van der Waals surface area contributed by atoms with Crippen molar-refractivity contribution in [2.75, 3.05) is 6.61 Å². The standard InChI is InChI=1S/C15H24O/c1-5-12-6-8-13(9-7-12)10-14(11-16)15(2,3)4/h6-9,14,16H,5,10-11H2,1-4H3. The van der Waals surface area contributed by atoms with Gasteiger partial charge in [-0.3, -0.25) is 0 Å². The third kappa shape index (κ3) is 3.64. The molecule has 0 spiro atoms. The van der Waals surface area contributed by atoms with Gasteiger partial charge in [0.05, 0.1) is 0 Å². The van der Waals surface area contributed by atoms with Gasteiger partial charge in [-0.15, -0.1) is 0 Å². The van der Waals surface area contributed by atoms with E-state index in [0.29, 0.717) is 5.92 Å². The third-order valence-electron chi connectivity index (χ3n) is 3.36. The van der Waals surface area contributed by atoms with Crippen molar-refractivity contribution in [3.05, 3.63) is 35.4 Å². The zero-order chi connectivity index (χ0) is 12.2. The molecule has 1 unspecified atom stereocenters. The van der Waals surface area contributed by atoms with Crippen LogP contribution in [-0.2, 0) is 12.8 Å². The van der Waals surface area contributed by atoms with Gasteiger partial charge >= 0.3 is 0 Å². The molecule has 0 aliphatic heterocycles. The van der Waals surface area contributed by atoms with Crippen LogP contribution in [0.1, 0.15) is 38.8 Å². The van der Waals surface area contributed by atoms with Crippen LogP contribution in [0.5, 0.6) is 0 Å². The van der Waals surface area contributed by atoms with Crippen LogP contribution >= 0.6 is 0 Å². The van der Waals surface area contributed by atoms with E-state index in [2.05, 4.69) is 52.0 Å². The molecule has 0 fully saturated rings. The second-order valence-corrected chi connectivity index (χ2v) is 5.62. The average molecular weight is 220 g/mol. The van der Waals surface area contributed by atoms with E-state index in [1.807, 2.05) is 0 Å². The van der Waals surface area contributed by atoms with Crippen molar-refractivity contribution in [3.8, 4) is 0 Å². The van der Waals surface area contributed by atoms with E-state index >= 15 is 0 Å². The minimum atomic E-state index is 0.165. The summed E-state index contributed by atoms with van der Waals surface area (Å²) >= 11 is 0. The highest BCUT2D eigenvalue weighted by molar-refractivity contribution is 5.23. The summed E-state index contributed by atoms with van der Waals surface area (Å²) in [5.41, 5.74) is 2.87. The molecule has 0 saturated heterocycles. The molecule has 0 aliphatic rings. The van der Waals surface area contributed by atoms with Gasteiger partial charge in [-0.05, 0) is 35.3 Å². The average Bonchev–Trinajstić information content (AvgIpc) is 2.25. The van der Waals surface area contributed by atoms with Gasteiger partial charge in [0.2, 0.25) is 0 Å². The minimum absolute atomic E-state index is 0.165. The maximum Gasteiger partial charge on any atom is 0.0467 e. The van der Waals surface area contributed by atoms with Crippen LogP contribution in [0.3, 0.4) is 0 Å². The first-order valence-corrected chi connectivity index (χ1v) is 6.16. The number of hydrogen-bond donors (Lipinski definition) is 1. The molecular weight excluding hydrogens is 196 g/mol. The lowest BCUT2D eigenvalue weighted by Gasteiger charge is -2.29. The van der Waals surface area contributed by atoms with Crippen molar-refractivity contribution in [3.63, 3.8) is 0 Å². The molecule has 16 heavy (non-hydrogen) atoms. The Balaban J connectivity index is 2.71. The molecule has 1 rings (SSSR count). The summed E-state index contributed by atoms with van der Waals surface area (Å²) in [4.78, 5) is 0. The van der Waals surface area contributed by atoms with Gasteiger partial charge in [-0.25, -0.2) is 0 Å². The predicted molar refractivity (Wildman–Crippen MR) is 69.6 cm³/mol. The molecule has 0 radical (unpaired) electrons. The third-order valence-corrected chi connectivity index (χ3v) is 3.36. The van der Waals surface area contributed by atoms with Crippen LogP contribution in [0.25, 0.3) is 0 Å². The van der Waals surface area contributed by atoms with E-state index in [-0.39, 0.29) is 12.0 Å². The van der Waals surface area contributed by atoms with Crippen molar-refractivity contribution in [2.45, 2.75) is 40.5 Å². The van der Waals surface area contributed by atoms with Crippen molar-refractivity contribution in [1.29, 1.82) is 0 Å². The molecule has 0 aliphatic carbocycles. The van der Waals surface area contributed by atoms with E-state index < -0.39 is 0 Å². The molecule has 1 N–H and O–H groups in total. The molecule has 0 aromatic heterocycles. The SMILES string of the molecule is CCc1ccc(CC(CO)C(C)(C)C)cc1. The fourth-order valence-electron chi connectivity index (χ4n) is 1.84. The number of hydrogen-bond acceptors (Lipinski definition) is 1. The summed E-state index contributed by atoms with van der Waals surface area (Å²) < 4.78 is 0. The summed E-state index contributed by atoms with van der Waals surface area (Å²) in [5, 5.41) is 9.42. The zero-order valence-electron chi connectivity index (χ0n) is 11.0. The summed E-state index contributed by atoms with van der Waals surface area (Å²) in [6, 6.07) is 8.75. The van der Waals surface area contributed by atoms with E-state index in [0.717, 1.165) is 12.8 Å². The fourth-order valence-corrected chi connectivity index (χ4v) is 1.84. The molecule has 0 heterocycles. The molecule has 1 aromatic carbocycles. The highest BCUT2D eigenvalue weighted by Crippen LogP contribution is 2.28. The van der Waals surface area contributed by atoms with Crippen LogP contribution in [0.4, 0.5) is 0 Å². The van der Waals surface area contributed by atoms with E-state index in [1.54, 1.807) is 0 Å². The molecule has 1 heteroatoms. The second kappa shape index (κ2) is 5.49. The van der Waals surface area contributed by atoms with Crippen LogP contribution in [-0.4, -0.2) is 11.7 Å². The maximum atomic E-state index is 9.42. The Labute approximate surface area is 99.5 Å². The second-order valence-electron chi connectivity index (χ2n) is 5.62. The molecular formula is C15H24O. The Hall–Kier alpha value is -0.820. The lowest BCUT2D eigenvalue weighted by Crippen LogP contribution is -2.25. The molecule has 1 nitrogen and oxygen atoms in total. The maximum absolute atomic E-state index is 9.42. The predicted octanol–water partition coefficient (Wildman–Crippen LogP) is 3.45. The number of benzene rings is 1. The summed E-state index contributed by atoms with van der Waals surface area (Å²) in [6.45, 7) is 9.00. The lowest BCUT2D eigenvalue weighted by molar-refractivity contribution is 0.131. The molecule has 0 amide bonds. The van der Waals surface area contributed by atoms with Crippen molar-refractivity contribution in [1.82, 2.24) is 0 Å². The molecule has 90 valence electrons. The topological polar surface area (TPSA) is 20.2 Å². The first-order chi connectivity index (χ1) is 7.47. The summed E-state index contributed by atoms with van der Waals surface area (Å²) in [5.74, 6) is 0.333. The molecule has 0 bridgehead atoms. The first kappa shape index (κ1) is 13.2. The highest BCUT2D eigenvalue weighted by atomic mass is 16.3. The number of rotatable bonds is 4. The van der Waals surface area contributed by atoms with Crippen LogP contribution in [0.2, 0.25) is 0 Å². The van der Waals surface area contributed by atoms with Crippen LogP contribution < -0.4 is 0 Å². The molecule has 1 atom stereocenters. The zero-order valence-corrected chi connectivity index (χ0v) is 11.0. The quantitative estimate of drug-likeness (QED) is 0.824. The molecule has 0 saturated carbocycles. The van der Waals surface area contributed by atoms with Crippen molar-refractivity contribution in [2.24, 2.45) is 11.3 Å². The smallest absolute Gasteiger partial charge is 0.0467 e. The van der Waals surface area contributed by atoms with Crippen LogP contribution in [0, 0.1) is 11.3 Å². The van der Waals surface area contributed by atoms with Gasteiger partial charge in [0, 0.05) is 6.61 Å². The number of aliphatic hydroxyl groups excluding tert-OH is 1. The van der Waals surface area contributed by atoms with Gasteiger partial charge in [0.1, 0.15) is 0 Å². The first-order valence-electron chi connectivity index (χ1n) is 6.16. The monoisotopic (exact) mass is 220 g/mol. The van der Waals surface area contributed by atoms with Gasteiger partial charge < -0.3 is 5.11 Å². The fraction of sp³-hybridized carbons (Fsp3) is 0.600. The Bertz CT molecular complexity index is 305. The Morgan fingerprint density at radius 2 is 1.56 bits per heavy atom. The molecule has 1 aromatic rings. The highest BCUT2D eigenvalue weighted by Gasteiger charge is 2.23. The van der Waals surface area contributed by atoms with Crippen molar-refractivity contribution >= 4 is 0 Å². The van der Waals surface area contributed by atoms with Gasteiger partial charge in [-0.1, -0.05) is 52.0 Å². The van der Waals surface area contributed by atoms with Gasteiger partial charge in [0.25, 0.3) is 0 Å². The van der Waals surface area contributed by atoms with E-state index in [9.17, 15) is 5.11 Å². The Morgan fingerprint density at radius 1 is 1.06 bits per heavy atom. The lowest BCUT2D eigenvalue weighted by atomic mass is 9.78. The summed E-state index contributed by atoms with van der Waals surface area (Å²) in [7, 11) is 0. The van der Waals surface area contributed by atoms with E-state index in [4.69, 9.17) is 0 Å². The summed E-state index contributed by atoms with van der Waals surface area (Å²) in [6.07, 6.45) is 2.05. The van der Waals surface area contributed by atoms with E-state index in [1.165, 1.54) is 11.1 Å². The van der Waals surface area contributed by atoms with Gasteiger partial charge in [-0.2, -0.15) is 0 Å². The van der Waals surface area contributed by atoms with Crippen molar-refractivity contribution < 1.29 is 5.11 Å². The number of aryl methyl sites for hydroxylation is 1. The Kier molecular flexibility index (Phi) is 4.55. The largest absolute Gasteiger partial charge is 0.396 e.